The Bertz CT molecular complexity index is 783. The zero-order valence-corrected chi connectivity index (χ0v) is 15.8. The molecule has 0 aliphatic heterocycles. The highest BCUT2D eigenvalue weighted by atomic mass is 35.5. The molecule has 5 heteroatoms. The lowest BCUT2D eigenvalue weighted by atomic mass is 10.0. The molecule has 4 nitrogen and oxygen atoms in total. The summed E-state index contributed by atoms with van der Waals surface area (Å²) in [6, 6.07) is 16.3. The van der Waals surface area contributed by atoms with Crippen LogP contribution < -0.4 is 5.32 Å². The van der Waals surface area contributed by atoms with E-state index in [4.69, 9.17) is 16.3 Å². The molecule has 26 heavy (non-hydrogen) atoms. The lowest BCUT2D eigenvalue weighted by molar-refractivity contribution is -0.149. The Morgan fingerprint density at radius 3 is 2.19 bits per heavy atom. The Hall–Kier alpha value is -2.59. The van der Waals surface area contributed by atoms with Crippen LogP contribution >= 0.6 is 11.6 Å². The Kier molecular flexibility index (Phi) is 6.98. The smallest absolute Gasteiger partial charge is 0.339 e. The van der Waals surface area contributed by atoms with Crippen LogP contribution in [-0.4, -0.2) is 24.0 Å². The first-order chi connectivity index (χ1) is 12.4. The van der Waals surface area contributed by atoms with E-state index in [1.807, 2.05) is 44.2 Å². The molecule has 2 aromatic carbocycles. The molecule has 1 N–H and O–H groups in total. The number of carbonyl (C=O) groups excluding carboxylic acids is 2. The zero-order valence-electron chi connectivity index (χ0n) is 15.0. The number of rotatable bonds is 6. The number of carbonyl (C=O) groups is 2. The van der Waals surface area contributed by atoms with Crippen molar-refractivity contribution in [3.05, 3.63) is 70.7 Å². The minimum atomic E-state index is -0.892. The van der Waals surface area contributed by atoms with Crippen molar-refractivity contribution in [3.63, 3.8) is 0 Å². The molecular weight excluding hydrogens is 350 g/mol. The summed E-state index contributed by atoms with van der Waals surface area (Å²) in [5, 5.41) is 3.31. The monoisotopic (exact) mass is 371 g/mol. The number of ether oxygens (including phenoxy) is 1. The maximum absolute atomic E-state index is 12.7. The number of benzene rings is 2. The van der Waals surface area contributed by atoms with Gasteiger partial charge in [-0.3, -0.25) is 4.79 Å². The van der Waals surface area contributed by atoms with Crippen molar-refractivity contribution in [1.82, 2.24) is 5.32 Å². The van der Waals surface area contributed by atoms with Crippen LogP contribution in [0.15, 0.2) is 54.6 Å². The van der Waals surface area contributed by atoms with Gasteiger partial charge < -0.3 is 10.1 Å². The molecule has 2 aromatic rings. The third-order valence-electron chi connectivity index (χ3n) is 3.57. The number of amides is 1. The highest BCUT2D eigenvalue weighted by molar-refractivity contribution is 6.30. The van der Waals surface area contributed by atoms with E-state index in [-0.39, 0.29) is 11.9 Å². The summed E-state index contributed by atoms with van der Waals surface area (Å²) < 4.78 is 5.38. The van der Waals surface area contributed by atoms with Crippen molar-refractivity contribution in [2.45, 2.75) is 32.9 Å². The van der Waals surface area contributed by atoms with Gasteiger partial charge in [-0.15, -0.1) is 0 Å². The number of hydrogen-bond acceptors (Lipinski definition) is 3. The van der Waals surface area contributed by atoms with Crippen molar-refractivity contribution in [2.24, 2.45) is 0 Å². The molecule has 0 spiro atoms. The number of esters is 1. The van der Waals surface area contributed by atoms with Crippen LogP contribution in [0.3, 0.4) is 0 Å². The van der Waals surface area contributed by atoms with E-state index in [0.29, 0.717) is 16.2 Å². The zero-order chi connectivity index (χ0) is 19.1. The second-order valence-corrected chi connectivity index (χ2v) is 6.62. The highest BCUT2D eigenvalue weighted by Gasteiger charge is 2.22. The van der Waals surface area contributed by atoms with Gasteiger partial charge in [0.2, 0.25) is 0 Å². The summed E-state index contributed by atoms with van der Waals surface area (Å²) in [5.74, 6) is -0.897. The Labute approximate surface area is 158 Å². The molecule has 0 saturated heterocycles. The molecule has 0 aromatic heterocycles. The maximum Gasteiger partial charge on any atom is 0.339 e. The van der Waals surface area contributed by atoms with Crippen LogP contribution in [-0.2, 0) is 14.3 Å². The summed E-state index contributed by atoms with van der Waals surface area (Å²) in [6.45, 7) is 5.25. The van der Waals surface area contributed by atoms with E-state index in [0.717, 1.165) is 5.56 Å². The van der Waals surface area contributed by atoms with E-state index in [1.165, 1.54) is 0 Å². The van der Waals surface area contributed by atoms with Crippen molar-refractivity contribution in [3.8, 4) is 0 Å². The van der Waals surface area contributed by atoms with Gasteiger partial charge in [-0.2, -0.15) is 0 Å². The SMILES string of the molecule is CC(C)NC(=O)[C@H](C)OC(=O)/C(=C/c1ccccc1)c1ccc(Cl)cc1. The van der Waals surface area contributed by atoms with Crippen LogP contribution in [0.1, 0.15) is 31.9 Å². The van der Waals surface area contributed by atoms with E-state index in [9.17, 15) is 9.59 Å². The van der Waals surface area contributed by atoms with Crippen LogP contribution in [0, 0.1) is 0 Å². The largest absolute Gasteiger partial charge is 0.449 e. The fourth-order valence-corrected chi connectivity index (χ4v) is 2.41. The Morgan fingerprint density at radius 1 is 1.00 bits per heavy atom. The first kappa shape index (κ1) is 19.7. The standard InChI is InChI=1S/C21H22ClNO3/c1-14(2)23-20(24)15(3)26-21(25)19(13-16-7-5-4-6-8-16)17-9-11-18(22)12-10-17/h4-15H,1-3H3,(H,23,24)/b19-13+/t15-/m0/s1. The van der Waals surface area contributed by atoms with Crippen LogP contribution in [0.4, 0.5) is 0 Å². The summed E-state index contributed by atoms with van der Waals surface area (Å²) in [5.41, 5.74) is 1.88. The first-order valence-electron chi connectivity index (χ1n) is 8.41. The van der Waals surface area contributed by atoms with Crippen molar-refractivity contribution < 1.29 is 14.3 Å². The highest BCUT2D eigenvalue weighted by Crippen LogP contribution is 2.22. The molecule has 0 aliphatic carbocycles. The molecule has 0 unspecified atom stereocenters. The van der Waals surface area contributed by atoms with Crippen LogP contribution in [0.5, 0.6) is 0 Å². The van der Waals surface area contributed by atoms with Gasteiger partial charge in [0, 0.05) is 11.1 Å². The summed E-state index contributed by atoms with van der Waals surface area (Å²) >= 11 is 5.94. The summed E-state index contributed by atoms with van der Waals surface area (Å²) in [7, 11) is 0. The van der Waals surface area contributed by atoms with Gasteiger partial charge in [0.15, 0.2) is 6.10 Å². The third-order valence-corrected chi connectivity index (χ3v) is 3.82. The summed E-state index contributed by atoms with van der Waals surface area (Å²) in [6.07, 6.45) is 0.843. The van der Waals surface area contributed by atoms with E-state index in [1.54, 1.807) is 37.3 Å². The molecule has 0 saturated carbocycles. The average Bonchev–Trinajstić information content (AvgIpc) is 2.60. The molecular formula is C21H22ClNO3. The fraction of sp³-hybridized carbons (Fsp3) is 0.238. The number of nitrogens with one attached hydrogen (secondary N) is 1. The molecule has 2 rings (SSSR count). The minimum Gasteiger partial charge on any atom is -0.449 e. The van der Waals surface area contributed by atoms with E-state index in [2.05, 4.69) is 5.32 Å². The first-order valence-corrected chi connectivity index (χ1v) is 8.78. The molecule has 0 heterocycles. The van der Waals surface area contributed by atoms with Gasteiger partial charge in [0.05, 0.1) is 5.57 Å². The van der Waals surface area contributed by atoms with Gasteiger partial charge in [-0.25, -0.2) is 4.79 Å². The summed E-state index contributed by atoms with van der Waals surface area (Å²) in [4.78, 5) is 24.8. The van der Waals surface area contributed by atoms with Crippen LogP contribution in [0.25, 0.3) is 11.6 Å². The lowest BCUT2D eigenvalue weighted by Gasteiger charge is -2.16. The van der Waals surface area contributed by atoms with Gasteiger partial charge in [0.1, 0.15) is 0 Å². The van der Waals surface area contributed by atoms with Gasteiger partial charge in [0.25, 0.3) is 5.91 Å². The maximum atomic E-state index is 12.7. The number of hydrogen-bond donors (Lipinski definition) is 1. The lowest BCUT2D eigenvalue weighted by Crippen LogP contribution is -2.39. The predicted octanol–water partition coefficient (Wildman–Crippen LogP) is 4.34. The average molecular weight is 372 g/mol. The van der Waals surface area contributed by atoms with E-state index < -0.39 is 12.1 Å². The normalized spacial score (nSPS) is 12.6. The number of halogens is 1. The minimum absolute atomic E-state index is 0.0285. The molecule has 0 fully saturated rings. The van der Waals surface area contributed by atoms with Gasteiger partial charge >= 0.3 is 5.97 Å². The quantitative estimate of drug-likeness (QED) is 0.467. The predicted molar refractivity (Wildman–Crippen MR) is 105 cm³/mol. The van der Waals surface area contributed by atoms with Gasteiger partial charge in [-0.05, 0) is 50.1 Å². The van der Waals surface area contributed by atoms with Crippen molar-refractivity contribution >= 4 is 35.1 Å². The Morgan fingerprint density at radius 2 is 1.62 bits per heavy atom. The second-order valence-electron chi connectivity index (χ2n) is 6.19. The van der Waals surface area contributed by atoms with E-state index >= 15 is 0 Å². The molecule has 136 valence electrons. The van der Waals surface area contributed by atoms with Crippen molar-refractivity contribution in [1.29, 1.82) is 0 Å². The molecule has 1 amide bonds. The van der Waals surface area contributed by atoms with Gasteiger partial charge in [-0.1, -0.05) is 54.1 Å². The third kappa shape index (κ3) is 5.74. The molecule has 1 atom stereocenters. The molecule has 0 aliphatic rings. The van der Waals surface area contributed by atoms with Crippen LogP contribution in [0.2, 0.25) is 5.02 Å². The molecule has 0 bridgehead atoms. The van der Waals surface area contributed by atoms with Crippen molar-refractivity contribution in [2.75, 3.05) is 0 Å². The topological polar surface area (TPSA) is 55.4 Å². The second kappa shape index (κ2) is 9.20. The molecule has 0 radical (unpaired) electrons. The Balaban J connectivity index is 2.29. The fourth-order valence-electron chi connectivity index (χ4n) is 2.28.